The molecule has 0 aliphatic carbocycles. The van der Waals surface area contributed by atoms with Crippen LogP contribution in [0.4, 0.5) is 9.59 Å². The van der Waals surface area contributed by atoms with Gasteiger partial charge in [0, 0.05) is 0 Å². The minimum Gasteiger partial charge on any atom is -0.435 e. The molecule has 0 saturated heterocycles. The Labute approximate surface area is 131 Å². The molecule has 0 radical (unpaired) electrons. The molecule has 0 unspecified atom stereocenters. The van der Waals surface area contributed by atoms with Gasteiger partial charge in [0.25, 0.3) is 0 Å². The standard InChI is InChI=1S/C8H14O6.C8H10/c1-3-11-7(9)13-5-6-14-8(10)12-4-2;1-7-3-5-8(2)6-4-7/h3-6H2,1-2H3;3-6H,1-2H3. The van der Waals surface area contributed by atoms with Gasteiger partial charge in [0.15, 0.2) is 0 Å². The van der Waals surface area contributed by atoms with Crippen LogP contribution < -0.4 is 0 Å². The van der Waals surface area contributed by atoms with Crippen molar-refractivity contribution in [2.45, 2.75) is 27.7 Å². The van der Waals surface area contributed by atoms with E-state index in [9.17, 15) is 9.59 Å². The van der Waals surface area contributed by atoms with Gasteiger partial charge in [0.1, 0.15) is 13.2 Å². The number of hydrogen-bond donors (Lipinski definition) is 0. The van der Waals surface area contributed by atoms with Crippen LogP contribution in [0.5, 0.6) is 0 Å². The maximum Gasteiger partial charge on any atom is 0.508 e. The van der Waals surface area contributed by atoms with Crippen molar-refractivity contribution in [3.63, 3.8) is 0 Å². The second kappa shape index (κ2) is 12.5. The number of aryl methyl sites for hydroxylation is 2. The Bertz CT molecular complexity index is 386. The summed E-state index contributed by atoms with van der Waals surface area (Å²) >= 11 is 0. The van der Waals surface area contributed by atoms with Gasteiger partial charge in [0.05, 0.1) is 13.2 Å². The van der Waals surface area contributed by atoms with E-state index in [0.717, 1.165) is 0 Å². The molecule has 1 rings (SSSR count). The summed E-state index contributed by atoms with van der Waals surface area (Å²) in [4.78, 5) is 21.2. The highest BCUT2D eigenvalue weighted by Crippen LogP contribution is 1.99. The number of carbonyl (C=O) groups excluding carboxylic acids is 2. The second-order valence-corrected chi connectivity index (χ2v) is 4.22. The van der Waals surface area contributed by atoms with Crippen molar-refractivity contribution >= 4 is 12.3 Å². The summed E-state index contributed by atoms with van der Waals surface area (Å²) in [5.74, 6) is 0. The van der Waals surface area contributed by atoms with Gasteiger partial charge in [-0.3, -0.25) is 0 Å². The van der Waals surface area contributed by atoms with Gasteiger partial charge in [-0.2, -0.15) is 0 Å². The lowest BCUT2D eigenvalue weighted by Gasteiger charge is -2.05. The molecule has 1 aromatic rings. The molecule has 124 valence electrons. The molecule has 0 aliphatic rings. The summed E-state index contributed by atoms with van der Waals surface area (Å²) in [5, 5.41) is 0. The highest BCUT2D eigenvalue weighted by Gasteiger charge is 2.04. The molecule has 1 aromatic carbocycles. The molecular weight excluding hydrogens is 288 g/mol. The molecule has 0 aromatic heterocycles. The molecule has 0 N–H and O–H groups in total. The van der Waals surface area contributed by atoms with Gasteiger partial charge in [-0.25, -0.2) is 9.59 Å². The zero-order valence-electron chi connectivity index (χ0n) is 13.6. The van der Waals surface area contributed by atoms with Crippen LogP contribution in [0.3, 0.4) is 0 Å². The quantitative estimate of drug-likeness (QED) is 0.610. The Hall–Kier alpha value is -2.24. The Kier molecular flexibility index (Phi) is 11.2. The van der Waals surface area contributed by atoms with E-state index in [4.69, 9.17) is 0 Å². The molecule has 0 fully saturated rings. The lowest BCUT2D eigenvalue weighted by molar-refractivity contribution is 0.0212. The van der Waals surface area contributed by atoms with Gasteiger partial charge in [-0.1, -0.05) is 35.4 Å². The SMILES string of the molecule is CCOC(=O)OCCOC(=O)OCC.Cc1ccc(C)cc1. The van der Waals surface area contributed by atoms with E-state index in [2.05, 4.69) is 57.1 Å². The number of hydrogen-bond acceptors (Lipinski definition) is 6. The average molecular weight is 312 g/mol. The molecule has 0 atom stereocenters. The molecule has 0 saturated carbocycles. The largest absolute Gasteiger partial charge is 0.508 e. The fourth-order valence-electron chi connectivity index (χ4n) is 1.21. The van der Waals surface area contributed by atoms with Gasteiger partial charge < -0.3 is 18.9 Å². The zero-order valence-corrected chi connectivity index (χ0v) is 13.6. The van der Waals surface area contributed by atoms with Crippen molar-refractivity contribution in [2.75, 3.05) is 26.4 Å². The van der Waals surface area contributed by atoms with Gasteiger partial charge in [-0.05, 0) is 27.7 Å². The number of benzene rings is 1. The molecule has 0 aliphatic heterocycles. The third-order valence-corrected chi connectivity index (χ3v) is 2.27. The molecule has 0 amide bonds. The zero-order chi connectivity index (χ0) is 16.8. The van der Waals surface area contributed by atoms with Crippen LogP contribution in [0.25, 0.3) is 0 Å². The number of carbonyl (C=O) groups is 2. The van der Waals surface area contributed by atoms with Crippen molar-refractivity contribution in [1.29, 1.82) is 0 Å². The summed E-state index contributed by atoms with van der Waals surface area (Å²) in [5.41, 5.74) is 2.66. The molecule has 22 heavy (non-hydrogen) atoms. The summed E-state index contributed by atoms with van der Waals surface area (Å²) < 4.78 is 18.0. The first kappa shape index (κ1) is 19.8. The monoisotopic (exact) mass is 312 g/mol. The summed E-state index contributed by atoms with van der Waals surface area (Å²) in [6.45, 7) is 7.93. The fourth-order valence-corrected chi connectivity index (χ4v) is 1.21. The Morgan fingerprint density at radius 2 is 1.05 bits per heavy atom. The summed E-state index contributed by atoms with van der Waals surface area (Å²) in [7, 11) is 0. The van der Waals surface area contributed by atoms with Crippen molar-refractivity contribution in [3.8, 4) is 0 Å². The van der Waals surface area contributed by atoms with Crippen molar-refractivity contribution < 1.29 is 28.5 Å². The van der Waals surface area contributed by atoms with E-state index in [-0.39, 0.29) is 26.4 Å². The van der Waals surface area contributed by atoms with E-state index in [1.165, 1.54) is 11.1 Å². The predicted molar refractivity (Wildman–Crippen MR) is 81.9 cm³/mol. The molecule has 6 nitrogen and oxygen atoms in total. The Balaban J connectivity index is 0.000000461. The second-order valence-electron chi connectivity index (χ2n) is 4.22. The molecule has 6 heteroatoms. The minimum absolute atomic E-state index is 0.0440. The third-order valence-electron chi connectivity index (χ3n) is 2.27. The first-order chi connectivity index (χ1) is 10.5. The first-order valence-electron chi connectivity index (χ1n) is 7.12. The maximum absolute atomic E-state index is 10.6. The highest BCUT2D eigenvalue weighted by atomic mass is 16.7. The fraction of sp³-hybridized carbons (Fsp3) is 0.500. The van der Waals surface area contributed by atoms with Crippen molar-refractivity contribution in [3.05, 3.63) is 35.4 Å². The van der Waals surface area contributed by atoms with Crippen LogP contribution in [0.15, 0.2) is 24.3 Å². The van der Waals surface area contributed by atoms with Gasteiger partial charge >= 0.3 is 12.3 Å². The molecule has 0 heterocycles. The van der Waals surface area contributed by atoms with Crippen LogP contribution in [0.1, 0.15) is 25.0 Å². The summed E-state index contributed by atoms with van der Waals surface area (Å²) in [6, 6.07) is 8.48. The summed E-state index contributed by atoms with van der Waals surface area (Å²) in [6.07, 6.45) is -1.56. The number of ether oxygens (including phenoxy) is 4. The molecule has 0 bridgehead atoms. The molecular formula is C16H24O6. The van der Waals surface area contributed by atoms with Crippen LogP contribution in [-0.2, 0) is 18.9 Å². The van der Waals surface area contributed by atoms with Crippen LogP contribution in [0.2, 0.25) is 0 Å². The maximum atomic E-state index is 10.6. The van der Waals surface area contributed by atoms with E-state index in [1.807, 2.05) is 0 Å². The van der Waals surface area contributed by atoms with Gasteiger partial charge in [0.2, 0.25) is 0 Å². The highest BCUT2D eigenvalue weighted by molar-refractivity contribution is 5.60. The van der Waals surface area contributed by atoms with E-state index in [0.29, 0.717) is 0 Å². The third kappa shape index (κ3) is 11.6. The lowest BCUT2D eigenvalue weighted by atomic mass is 10.2. The smallest absolute Gasteiger partial charge is 0.435 e. The van der Waals surface area contributed by atoms with Gasteiger partial charge in [-0.15, -0.1) is 0 Å². The topological polar surface area (TPSA) is 71.1 Å². The minimum atomic E-state index is -0.778. The lowest BCUT2D eigenvalue weighted by Crippen LogP contribution is -2.15. The van der Waals surface area contributed by atoms with Crippen LogP contribution in [0, 0.1) is 13.8 Å². The van der Waals surface area contributed by atoms with Crippen molar-refractivity contribution in [2.24, 2.45) is 0 Å². The molecule has 0 spiro atoms. The normalized spacial score (nSPS) is 9.09. The number of rotatable bonds is 5. The Morgan fingerprint density at radius 1 is 0.727 bits per heavy atom. The average Bonchev–Trinajstić information content (AvgIpc) is 2.48. The van der Waals surface area contributed by atoms with Crippen LogP contribution >= 0.6 is 0 Å². The first-order valence-corrected chi connectivity index (χ1v) is 7.12. The van der Waals surface area contributed by atoms with E-state index >= 15 is 0 Å². The van der Waals surface area contributed by atoms with E-state index in [1.54, 1.807) is 13.8 Å². The predicted octanol–water partition coefficient (Wildman–Crippen LogP) is 3.64. The van der Waals surface area contributed by atoms with Crippen LogP contribution in [-0.4, -0.2) is 38.7 Å². The Morgan fingerprint density at radius 3 is 1.32 bits per heavy atom. The van der Waals surface area contributed by atoms with Crippen molar-refractivity contribution in [1.82, 2.24) is 0 Å². The van der Waals surface area contributed by atoms with E-state index < -0.39 is 12.3 Å².